The lowest BCUT2D eigenvalue weighted by molar-refractivity contribution is -0.240. The van der Waals surface area contributed by atoms with Gasteiger partial charge >= 0.3 is 0 Å². The van der Waals surface area contributed by atoms with Crippen LogP contribution in [0, 0.1) is 6.92 Å². The van der Waals surface area contributed by atoms with Crippen molar-refractivity contribution in [3.8, 4) is 0 Å². The molecule has 0 aliphatic carbocycles. The Kier molecular flexibility index (Phi) is 3.86. The molecule has 1 fully saturated rings. The van der Waals surface area contributed by atoms with Gasteiger partial charge in [0.25, 0.3) is 5.79 Å². The van der Waals surface area contributed by atoms with Gasteiger partial charge in [0.2, 0.25) is 5.78 Å². The Balaban J connectivity index is 2.05. The molecule has 0 atom stereocenters. The van der Waals surface area contributed by atoms with Crippen LogP contribution in [-0.2, 0) is 15.3 Å². The van der Waals surface area contributed by atoms with Crippen molar-refractivity contribution in [3.05, 3.63) is 71.3 Å². The Bertz CT molecular complexity index is 611. The molecular weight excluding hydrogens is 264 g/mol. The van der Waals surface area contributed by atoms with Crippen LogP contribution < -0.4 is 0 Å². The fourth-order valence-corrected chi connectivity index (χ4v) is 2.51. The number of carbonyl (C=O) groups is 1. The number of carbonyl (C=O) groups excluding carboxylic acids is 1. The van der Waals surface area contributed by atoms with E-state index in [0.29, 0.717) is 18.8 Å². The minimum atomic E-state index is -1.31. The zero-order chi connectivity index (χ0) is 14.7. The van der Waals surface area contributed by atoms with Crippen LogP contribution in [-0.4, -0.2) is 19.0 Å². The SMILES string of the molecule is Cc1ccc(C2(C(=O)c3ccccc3)OCCCO2)cc1. The number of rotatable bonds is 3. The molecular formula is C18H18O3. The molecule has 0 saturated carbocycles. The van der Waals surface area contributed by atoms with Crippen molar-refractivity contribution in [3.63, 3.8) is 0 Å². The molecule has 3 heteroatoms. The van der Waals surface area contributed by atoms with E-state index in [9.17, 15) is 4.79 Å². The van der Waals surface area contributed by atoms with E-state index in [1.165, 1.54) is 0 Å². The standard InChI is InChI=1S/C18H18O3/c1-14-8-10-16(11-9-14)18(20-12-5-13-21-18)17(19)15-6-3-2-4-7-15/h2-4,6-11H,5,12-13H2,1H3. The van der Waals surface area contributed by atoms with Crippen LogP contribution in [0.25, 0.3) is 0 Å². The summed E-state index contributed by atoms with van der Waals surface area (Å²) in [7, 11) is 0. The van der Waals surface area contributed by atoms with Crippen LogP contribution in [0.1, 0.15) is 27.9 Å². The Morgan fingerprint density at radius 3 is 2.19 bits per heavy atom. The van der Waals surface area contributed by atoms with Crippen LogP contribution in [0.4, 0.5) is 0 Å². The van der Waals surface area contributed by atoms with Gasteiger partial charge in [-0.15, -0.1) is 0 Å². The molecule has 0 N–H and O–H groups in total. The van der Waals surface area contributed by atoms with E-state index in [4.69, 9.17) is 9.47 Å². The summed E-state index contributed by atoms with van der Waals surface area (Å²) in [6.07, 6.45) is 0.801. The molecule has 1 aliphatic heterocycles. The lowest BCUT2D eigenvalue weighted by atomic mass is 9.94. The van der Waals surface area contributed by atoms with Gasteiger partial charge in [-0.05, 0) is 13.3 Å². The number of aryl methyl sites for hydroxylation is 1. The largest absolute Gasteiger partial charge is 0.340 e. The van der Waals surface area contributed by atoms with E-state index in [-0.39, 0.29) is 5.78 Å². The summed E-state index contributed by atoms with van der Waals surface area (Å²) in [5.41, 5.74) is 2.48. The van der Waals surface area contributed by atoms with Gasteiger partial charge in [-0.2, -0.15) is 0 Å². The first-order valence-corrected chi connectivity index (χ1v) is 7.17. The maximum absolute atomic E-state index is 13.0. The van der Waals surface area contributed by atoms with E-state index < -0.39 is 5.79 Å². The molecule has 1 heterocycles. The second kappa shape index (κ2) is 5.80. The number of hydrogen-bond donors (Lipinski definition) is 0. The highest BCUT2D eigenvalue weighted by Gasteiger charge is 2.44. The molecule has 3 nitrogen and oxygen atoms in total. The summed E-state index contributed by atoms with van der Waals surface area (Å²) in [6, 6.07) is 16.9. The van der Waals surface area contributed by atoms with Gasteiger partial charge in [0, 0.05) is 11.1 Å². The van der Waals surface area contributed by atoms with Crippen molar-refractivity contribution >= 4 is 5.78 Å². The summed E-state index contributed by atoms with van der Waals surface area (Å²) in [5.74, 6) is -1.46. The molecule has 0 amide bonds. The quantitative estimate of drug-likeness (QED) is 0.809. The fourth-order valence-electron chi connectivity index (χ4n) is 2.51. The summed E-state index contributed by atoms with van der Waals surface area (Å²) in [4.78, 5) is 13.0. The second-order valence-electron chi connectivity index (χ2n) is 5.23. The Labute approximate surface area is 124 Å². The number of ether oxygens (including phenoxy) is 2. The number of hydrogen-bond acceptors (Lipinski definition) is 3. The van der Waals surface area contributed by atoms with E-state index >= 15 is 0 Å². The predicted octanol–water partition coefficient (Wildman–Crippen LogP) is 3.47. The molecule has 0 aromatic heterocycles. The van der Waals surface area contributed by atoms with Crippen LogP contribution in [0.2, 0.25) is 0 Å². The third-order valence-corrected chi connectivity index (χ3v) is 3.67. The van der Waals surface area contributed by atoms with Crippen molar-refractivity contribution in [1.82, 2.24) is 0 Å². The molecule has 2 aromatic carbocycles. The average molecular weight is 282 g/mol. The van der Waals surface area contributed by atoms with Gasteiger partial charge in [-0.3, -0.25) is 4.79 Å². The highest BCUT2D eigenvalue weighted by Crippen LogP contribution is 2.34. The van der Waals surface area contributed by atoms with Gasteiger partial charge in [-0.1, -0.05) is 60.2 Å². The fraction of sp³-hybridized carbons (Fsp3) is 0.278. The minimum absolute atomic E-state index is 0.147. The van der Waals surface area contributed by atoms with Crippen LogP contribution in [0.15, 0.2) is 54.6 Å². The summed E-state index contributed by atoms with van der Waals surface area (Å²) in [6.45, 7) is 3.05. The summed E-state index contributed by atoms with van der Waals surface area (Å²) in [5, 5.41) is 0. The van der Waals surface area contributed by atoms with Crippen LogP contribution in [0.5, 0.6) is 0 Å². The van der Waals surface area contributed by atoms with E-state index in [2.05, 4.69) is 0 Å². The number of ketones is 1. The molecule has 0 unspecified atom stereocenters. The van der Waals surface area contributed by atoms with E-state index in [0.717, 1.165) is 17.5 Å². The topological polar surface area (TPSA) is 35.5 Å². The van der Waals surface area contributed by atoms with Gasteiger partial charge in [0.1, 0.15) is 0 Å². The number of Topliss-reactive ketones (excluding diaryl/α,β-unsaturated/α-hetero) is 1. The average Bonchev–Trinajstić information content (AvgIpc) is 2.56. The molecule has 0 bridgehead atoms. The van der Waals surface area contributed by atoms with E-state index in [1.807, 2.05) is 49.4 Å². The maximum atomic E-state index is 13.0. The first-order valence-electron chi connectivity index (χ1n) is 7.17. The van der Waals surface area contributed by atoms with Crippen molar-refractivity contribution in [2.24, 2.45) is 0 Å². The Morgan fingerprint density at radius 2 is 1.57 bits per heavy atom. The molecule has 108 valence electrons. The zero-order valence-corrected chi connectivity index (χ0v) is 12.0. The molecule has 1 aliphatic rings. The summed E-state index contributed by atoms with van der Waals surface area (Å²) < 4.78 is 11.7. The first-order chi connectivity index (χ1) is 10.2. The van der Waals surface area contributed by atoms with Gasteiger partial charge in [0.15, 0.2) is 0 Å². The van der Waals surface area contributed by atoms with Crippen molar-refractivity contribution < 1.29 is 14.3 Å². The molecule has 0 spiro atoms. The minimum Gasteiger partial charge on any atom is -0.340 e. The van der Waals surface area contributed by atoms with Crippen LogP contribution >= 0.6 is 0 Å². The van der Waals surface area contributed by atoms with E-state index in [1.54, 1.807) is 12.1 Å². The van der Waals surface area contributed by atoms with Gasteiger partial charge in [-0.25, -0.2) is 0 Å². The van der Waals surface area contributed by atoms with Crippen LogP contribution in [0.3, 0.4) is 0 Å². The molecule has 3 rings (SSSR count). The zero-order valence-electron chi connectivity index (χ0n) is 12.0. The predicted molar refractivity (Wildman–Crippen MR) is 80.2 cm³/mol. The Morgan fingerprint density at radius 1 is 0.952 bits per heavy atom. The number of benzene rings is 2. The molecule has 1 saturated heterocycles. The smallest absolute Gasteiger partial charge is 0.261 e. The second-order valence-corrected chi connectivity index (χ2v) is 5.23. The monoisotopic (exact) mass is 282 g/mol. The van der Waals surface area contributed by atoms with Crippen molar-refractivity contribution in [2.75, 3.05) is 13.2 Å². The summed E-state index contributed by atoms with van der Waals surface area (Å²) >= 11 is 0. The highest BCUT2D eigenvalue weighted by atomic mass is 16.7. The third kappa shape index (κ3) is 2.62. The van der Waals surface area contributed by atoms with Crippen molar-refractivity contribution in [1.29, 1.82) is 0 Å². The maximum Gasteiger partial charge on any atom is 0.261 e. The first kappa shape index (κ1) is 14.0. The lowest BCUT2D eigenvalue weighted by Gasteiger charge is -2.36. The molecule has 2 aromatic rings. The van der Waals surface area contributed by atoms with Gasteiger partial charge < -0.3 is 9.47 Å². The Hall–Kier alpha value is -1.97. The molecule has 0 radical (unpaired) electrons. The normalized spacial score (nSPS) is 17.4. The van der Waals surface area contributed by atoms with Gasteiger partial charge in [0.05, 0.1) is 13.2 Å². The lowest BCUT2D eigenvalue weighted by Crippen LogP contribution is -2.45. The third-order valence-electron chi connectivity index (χ3n) is 3.67. The molecule has 21 heavy (non-hydrogen) atoms. The van der Waals surface area contributed by atoms with Crippen molar-refractivity contribution in [2.45, 2.75) is 19.1 Å². The highest BCUT2D eigenvalue weighted by molar-refractivity contribution is 6.02.